The summed E-state index contributed by atoms with van der Waals surface area (Å²) in [4.78, 5) is 28.7. The number of sulfonamides is 1. The number of hydrogen-bond acceptors (Lipinski definition) is 4. The van der Waals surface area contributed by atoms with E-state index in [2.05, 4.69) is 5.32 Å². The van der Waals surface area contributed by atoms with Crippen molar-refractivity contribution in [1.82, 2.24) is 10.2 Å². The van der Waals surface area contributed by atoms with Crippen LogP contribution in [0.4, 0.5) is 5.69 Å². The van der Waals surface area contributed by atoms with Gasteiger partial charge in [-0.05, 0) is 76.9 Å². The van der Waals surface area contributed by atoms with Crippen molar-refractivity contribution in [3.05, 3.63) is 93.0 Å². The zero-order chi connectivity index (χ0) is 30.5. The second kappa shape index (κ2) is 13.7. The van der Waals surface area contributed by atoms with Crippen LogP contribution in [0.25, 0.3) is 0 Å². The molecule has 3 rings (SSSR count). The van der Waals surface area contributed by atoms with Gasteiger partial charge in [-0.25, -0.2) is 8.42 Å². The Kier molecular flexibility index (Phi) is 10.9. The molecule has 2 atom stereocenters. The largest absolute Gasteiger partial charge is 0.352 e. The lowest BCUT2D eigenvalue weighted by molar-refractivity contribution is -0.139. The number of rotatable bonds is 11. The Morgan fingerprint density at radius 2 is 1.49 bits per heavy atom. The van der Waals surface area contributed by atoms with E-state index in [9.17, 15) is 18.0 Å². The highest BCUT2D eigenvalue weighted by Gasteiger charge is 2.34. The molecule has 0 aliphatic heterocycles. The Hall–Kier alpha value is -3.07. The van der Waals surface area contributed by atoms with Crippen LogP contribution in [0.2, 0.25) is 10.0 Å². The van der Waals surface area contributed by atoms with Gasteiger partial charge in [0.05, 0.1) is 10.6 Å². The summed E-state index contributed by atoms with van der Waals surface area (Å²) in [7, 11) is -4.16. The molecule has 0 saturated carbocycles. The molecule has 1 N–H and O–H groups in total. The molecule has 0 aromatic heterocycles. The van der Waals surface area contributed by atoms with Gasteiger partial charge in [-0.2, -0.15) is 0 Å². The van der Waals surface area contributed by atoms with Crippen LogP contribution in [0, 0.1) is 20.8 Å². The predicted octanol–water partition coefficient (Wildman–Crippen LogP) is 6.45. The van der Waals surface area contributed by atoms with Gasteiger partial charge in [0.1, 0.15) is 12.6 Å². The van der Waals surface area contributed by atoms with Crippen LogP contribution in [0.1, 0.15) is 49.4 Å². The first-order valence-electron chi connectivity index (χ1n) is 13.5. The Labute approximate surface area is 253 Å². The lowest BCUT2D eigenvalue weighted by atomic mass is 10.1. The Balaban J connectivity index is 2.10. The molecule has 41 heavy (non-hydrogen) atoms. The first-order chi connectivity index (χ1) is 19.3. The molecule has 0 fully saturated rings. The number of benzene rings is 3. The molecular formula is C31H37Cl2N3O4S. The number of anilines is 1. The molecule has 7 nitrogen and oxygen atoms in total. The van der Waals surface area contributed by atoms with E-state index in [-0.39, 0.29) is 23.4 Å². The van der Waals surface area contributed by atoms with Crippen LogP contribution >= 0.6 is 23.2 Å². The van der Waals surface area contributed by atoms with Gasteiger partial charge in [-0.15, -0.1) is 0 Å². The molecule has 0 saturated heterocycles. The maximum atomic E-state index is 14.1. The third-order valence-corrected chi connectivity index (χ3v) is 9.55. The summed E-state index contributed by atoms with van der Waals surface area (Å²) in [5.41, 5.74) is 3.39. The van der Waals surface area contributed by atoms with Gasteiger partial charge >= 0.3 is 0 Å². The van der Waals surface area contributed by atoms with Crippen LogP contribution in [0.15, 0.2) is 65.6 Å². The molecule has 10 heteroatoms. The van der Waals surface area contributed by atoms with Crippen molar-refractivity contribution in [3.63, 3.8) is 0 Å². The van der Waals surface area contributed by atoms with E-state index in [0.29, 0.717) is 33.3 Å². The van der Waals surface area contributed by atoms with Crippen molar-refractivity contribution in [3.8, 4) is 0 Å². The van der Waals surface area contributed by atoms with E-state index in [4.69, 9.17) is 23.2 Å². The summed E-state index contributed by atoms with van der Waals surface area (Å²) >= 11 is 12.9. The van der Waals surface area contributed by atoms with E-state index in [0.717, 1.165) is 15.4 Å². The van der Waals surface area contributed by atoms with E-state index < -0.39 is 28.5 Å². The summed E-state index contributed by atoms with van der Waals surface area (Å²) < 4.78 is 29.2. The van der Waals surface area contributed by atoms with E-state index >= 15 is 0 Å². The van der Waals surface area contributed by atoms with E-state index in [1.165, 1.54) is 17.0 Å². The van der Waals surface area contributed by atoms with E-state index in [1.54, 1.807) is 56.3 Å². The van der Waals surface area contributed by atoms with Crippen LogP contribution < -0.4 is 9.62 Å². The Morgan fingerprint density at radius 3 is 2.05 bits per heavy atom. The Morgan fingerprint density at radius 1 is 0.902 bits per heavy atom. The highest BCUT2D eigenvalue weighted by Crippen LogP contribution is 2.30. The molecule has 3 aromatic carbocycles. The van der Waals surface area contributed by atoms with Crippen molar-refractivity contribution in [2.24, 2.45) is 0 Å². The zero-order valence-electron chi connectivity index (χ0n) is 24.2. The van der Waals surface area contributed by atoms with Gasteiger partial charge in [0.25, 0.3) is 10.0 Å². The van der Waals surface area contributed by atoms with Crippen molar-refractivity contribution in [2.45, 2.75) is 71.5 Å². The predicted molar refractivity (Wildman–Crippen MR) is 166 cm³/mol. The fourth-order valence-corrected chi connectivity index (χ4v) is 6.33. The van der Waals surface area contributed by atoms with Crippen LogP contribution in [-0.2, 0) is 26.2 Å². The number of halogens is 2. The molecule has 220 valence electrons. The molecule has 0 aliphatic rings. The minimum atomic E-state index is -4.16. The smallest absolute Gasteiger partial charge is 0.264 e. The number of aryl methyl sites for hydroxylation is 3. The summed E-state index contributed by atoms with van der Waals surface area (Å²) in [6, 6.07) is 15.8. The van der Waals surface area contributed by atoms with Gasteiger partial charge < -0.3 is 10.2 Å². The normalized spacial score (nSPS) is 12.9. The molecule has 3 aromatic rings. The SMILES string of the molecule is CCC(C)NC(=O)C(C)N(Cc1c(Cl)cccc1Cl)C(=O)CN(c1ccc(C)cc1C)S(=O)(=O)c1ccc(C)cc1. The quantitative estimate of drug-likeness (QED) is 0.268. The van der Waals surface area contributed by atoms with Crippen molar-refractivity contribution in [2.75, 3.05) is 10.8 Å². The highest BCUT2D eigenvalue weighted by atomic mass is 35.5. The molecule has 0 radical (unpaired) electrons. The maximum Gasteiger partial charge on any atom is 0.264 e. The van der Waals surface area contributed by atoms with Gasteiger partial charge in [-0.3, -0.25) is 13.9 Å². The summed E-state index contributed by atoms with van der Waals surface area (Å²) in [6.07, 6.45) is 0.706. The molecule has 2 amide bonds. The lowest BCUT2D eigenvalue weighted by Crippen LogP contribution is -2.52. The molecule has 0 heterocycles. The molecule has 0 bridgehead atoms. The van der Waals surface area contributed by atoms with E-state index in [1.807, 2.05) is 33.8 Å². The standard InChI is InChI=1S/C31H37Cl2N3O4S/c1-7-23(5)34-31(38)24(6)35(18-26-27(32)9-8-10-28(26)33)30(37)19-36(29-16-13-21(3)17-22(29)4)41(39,40)25-14-11-20(2)12-15-25/h8-17,23-24H,7,18-19H2,1-6H3,(H,34,38). The monoisotopic (exact) mass is 617 g/mol. The average molecular weight is 619 g/mol. The second-order valence-electron chi connectivity index (χ2n) is 10.3. The van der Waals surface area contributed by atoms with Crippen molar-refractivity contribution >= 4 is 50.7 Å². The highest BCUT2D eigenvalue weighted by molar-refractivity contribution is 7.92. The third-order valence-electron chi connectivity index (χ3n) is 7.07. The first-order valence-corrected chi connectivity index (χ1v) is 15.6. The second-order valence-corrected chi connectivity index (χ2v) is 13.0. The lowest BCUT2D eigenvalue weighted by Gasteiger charge is -2.33. The minimum absolute atomic E-state index is 0.0548. The molecular weight excluding hydrogens is 581 g/mol. The fraction of sp³-hybridized carbons (Fsp3) is 0.355. The first kappa shape index (κ1) is 32.4. The number of amides is 2. The topological polar surface area (TPSA) is 86.8 Å². The van der Waals surface area contributed by atoms with Crippen LogP contribution in [0.3, 0.4) is 0 Å². The number of hydrogen-bond donors (Lipinski definition) is 1. The van der Waals surface area contributed by atoms with Gasteiger partial charge in [0, 0.05) is 28.2 Å². The van der Waals surface area contributed by atoms with Gasteiger partial charge in [0.2, 0.25) is 11.8 Å². The van der Waals surface area contributed by atoms with Crippen LogP contribution in [0.5, 0.6) is 0 Å². The maximum absolute atomic E-state index is 14.1. The molecule has 2 unspecified atom stereocenters. The van der Waals surface area contributed by atoms with Crippen molar-refractivity contribution in [1.29, 1.82) is 0 Å². The average Bonchev–Trinajstić information content (AvgIpc) is 2.91. The molecule has 0 spiro atoms. The number of carbonyl (C=O) groups excluding carboxylic acids is 2. The zero-order valence-corrected chi connectivity index (χ0v) is 26.6. The summed E-state index contributed by atoms with van der Waals surface area (Å²) in [5.74, 6) is -0.946. The summed E-state index contributed by atoms with van der Waals surface area (Å²) in [6.45, 7) is 10.4. The van der Waals surface area contributed by atoms with Gasteiger partial charge in [-0.1, -0.05) is 71.6 Å². The summed E-state index contributed by atoms with van der Waals surface area (Å²) in [5, 5.41) is 3.58. The Bertz CT molecular complexity index is 1490. The van der Waals surface area contributed by atoms with Gasteiger partial charge in [0.15, 0.2) is 0 Å². The number of carbonyl (C=O) groups is 2. The third kappa shape index (κ3) is 7.82. The van der Waals surface area contributed by atoms with Crippen LogP contribution in [-0.4, -0.2) is 43.8 Å². The minimum Gasteiger partial charge on any atom is -0.352 e. The van der Waals surface area contributed by atoms with Crippen molar-refractivity contribution < 1.29 is 18.0 Å². The number of nitrogens with zero attached hydrogens (tertiary/aromatic N) is 2. The number of nitrogens with one attached hydrogen (secondary N) is 1. The molecule has 0 aliphatic carbocycles. The fourth-order valence-electron chi connectivity index (χ4n) is 4.34.